The Morgan fingerprint density at radius 2 is 1.81 bits per heavy atom. The molecule has 0 bridgehead atoms. The average Bonchev–Trinajstić information content (AvgIpc) is 2.68. The molecule has 0 unspecified atom stereocenters. The number of nitrogens with zero attached hydrogens (tertiary/aromatic N) is 1. The molecular formula is C22H25N2O2+. The lowest BCUT2D eigenvalue weighted by atomic mass is 10.1. The van der Waals surface area contributed by atoms with Crippen molar-refractivity contribution in [2.45, 2.75) is 19.9 Å². The highest BCUT2D eigenvalue weighted by atomic mass is 16.4. The van der Waals surface area contributed by atoms with Gasteiger partial charge in [0.15, 0.2) is 0 Å². The van der Waals surface area contributed by atoms with Gasteiger partial charge in [-0.15, -0.1) is 0 Å². The molecule has 1 aliphatic heterocycles. The largest absolute Gasteiger partial charge is 0.423 e. The Balaban J connectivity index is 1.51. The zero-order chi connectivity index (χ0) is 17.9. The quantitative estimate of drug-likeness (QED) is 0.734. The second-order valence-corrected chi connectivity index (χ2v) is 7.02. The number of aryl methyl sites for hydroxylation is 1. The zero-order valence-corrected chi connectivity index (χ0v) is 15.2. The van der Waals surface area contributed by atoms with Crippen LogP contribution >= 0.6 is 0 Å². The van der Waals surface area contributed by atoms with Gasteiger partial charge in [-0.1, -0.05) is 37.3 Å². The van der Waals surface area contributed by atoms with Crippen molar-refractivity contribution in [1.29, 1.82) is 0 Å². The first kappa shape index (κ1) is 16.9. The van der Waals surface area contributed by atoms with Gasteiger partial charge in [0.05, 0.1) is 26.2 Å². The standard InChI is InChI=1S/C22H24N2O2/c1-2-17-8-9-20-18(15-22(25)26-21(20)14-17)16-23-10-12-24(13-11-23)19-6-4-3-5-7-19/h3-9,14-15H,2,10-13,16H2,1H3/p+1. The van der Waals surface area contributed by atoms with Crippen molar-refractivity contribution in [2.24, 2.45) is 0 Å². The van der Waals surface area contributed by atoms with E-state index >= 15 is 0 Å². The van der Waals surface area contributed by atoms with Crippen LogP contribution in [0.3, 0.4) is 0 Å². The molecule has 1 aromatic heterocycles. The number of hydrogen-bond donors (Lipinski definition) is 1. The fourth-order valence-electron chi connectivity index (χ4n) is 3.81. The molecular weight excluding hydrogens is 324 g/mol. The van der Waals surface area contributed by atoms with E-state index in [0.717, 1.165) is 50.1 Å². The number of fused-ring (bicyclic) bond motifs is 1. The summed E-state index contributed by atoms with van der Waals surface area (Å²) in [5, 5.41) is 1.07. The lowest BCUT2D eigenvalue weighted by Gasteiger charge is -2.33. The summed E-state index contributed by atoms with van der Waals surface area (Å²) in [6.07, 6.45) is 0.941. The van der Waals surface area contributed by atoms with Gasteiger partial charge in [-0.3, -0.25) is 0 Å². The predicted molar refractivity (Wildman–Crippen MR) is 105 cm³/mol. The lowest BCUT2D eigenvalue weighted by molar-refractivity contribution is -0.914. The summed E-state index contributed by atoms with van der Waals surface area (Å²) in [7, 11) is 0. The van der Waals surface area contributed by atoms with Crippen molar-refractivity contribution in [3.63, 3.8) is 0 Å². The topological polar surface area (TPSA) is 37.9 Å². The van der Waals surface area contributed by atoms with Crippen LogP contribution in [0.5, 0.6) is 0 Å². The number of nitrogens with one attached hydrogen (secondary N) is 1. The molecule has 26 heavy (non-hydrogen) atoms. The summed E-state index contributed by atoms with van der Waals surface area (Å²) >= 11 is 0. The third kappa shape index (κ3) is 3.51. The van der Waals surface area contributed by atoms with Crippen LogP contribution in [-0.4, -0.2) is 26.2 Å². The zero-order valence-electron chi connectivity index (χ0n) is 15.2. The van der Waals surface area contributed by atoms with E-state index < -0.39 is 0 Å². The minimum Gasteiger partial charge on any atom is -0.423 e. The molecule has 134 valence electrons. The number of quaternary nitrogens is 1. The monoisotopic (exact) mass is 349 g/mol. The van der Waals surface area contributed by atoms with Gasteiger partial charge in [0.1, 0.15) is 12.1 Å². The van der Waals surface area contributed by atoms with E-state index in [4.69, 9.17) is 4.42 Å². The van der Waals surface area contributed by atoms with Crippen LogP contribution in [0.15, 0.2) is 63.8 Å². The highest BCUT2D eigenvalue weighted by Gasteiger charge is 2.21. The summed E-state index contributed by atoms with van der Waals surface area (Å²) < 4.78 is 5.44. The minimum absolute atomic E-state index is 0.247. The third-order valence-corrected chi connectivity index (χ3v) is 5.34. The summed E-state index contributed by atoms with van der Waals surface area (Å²) in [5.41, 5.74) is 4.06. The number of piperazine rings is 1. The number of anilines is 1. The van der Waals surface area contributed by atoms with Gasteiger partial charge in [-0.05, 0) is 30.2 Å². The first-order chi connectivity index (χ1) is 12.7. The van der Waals surface area contributed by atoms with Gasteiger partial charge in [-0.25, -0.2) is 4.79 Å². The molecule has 0 atom stereocenters. The van der Waals surface area contributed by atoms with Crippen molar-refractivity contribution >= 4 is 16.7 Å². The molecule has 4 rings (SSSR count). The predicted octanol–water partition coefficient (Wildman–Crippen LogP) is 2.26. The molecule has 0 saturated carbocycles. The van der Waals surface area contributed by atoms with Gasteiger partial charge >= 0.3 is 5.63 Å². The van der Waals surface area contributed by atoms with Gasteiger partial charge in [0, 0.05) is 22.7 Å². The van der Waals surface area contributed by atoms with Crippen molar-refractivity contribution in [3.05, 3.63) is 76.1 Å². The van der Waals surface area contributed by atoms with Crippen molar-refractivity contribution in [2.75, 3.05) is 31.1 Å². The molecule has 1 saturated heterocycles. The SMILES string of the molecule is CCc1ccc2c(C[NH+]3CCN(c4ccccc4)CC3)cc(=O)oc2c1. The van der Waals surface area contributed by atoms with Crippen LogP contribution in [0.4, 0.5) is 5.69 Å². The molecule has 0 amide bonds. The molecule has 1 fully saturated rings. The fourth-order valence-corrected chi connectivity index (χ4v) is 3.81. The van der Waals surface area contributed by atoms with E-state index in [9.17, 15) is 4.79 Å². The van der Waals surface area contributed by atoms with Crippen molar-refractivity contribution < 1.29 is 9.32 Å². The fraction of sp³-hybridized carbons (Fsp3) is 0.318. The summed E-state index contributed by atoms with van der Waals surface area (Å²) in [6.45, 7) is 7.21. The van der Waals surface area contributed by atoms with Gasteiger partial charge < -0.3 is 14.2 Å². The maximum atomic E-state index is 12.0. The summed E-state index contributed by atoms with van der Waals surface area (Å²) in [4.78, 5) is 16.0. The molecule has 3 aromatic rings. The highest BCUT2D eigenvalue weighted by Crippen LogP contribution is 2.19. The van der Waals surface area contributed by atoms with Crippen LogP contribution < -0.4 is 15.4 Å². The smallest absolute Gasteiger partial charge is 0.336 e. The van der Waals surface area contributed by atoms with E-state index in [0.29, 0.717) is 5.58 Å². The number of para-hydroxylation sites is 1. The molecule has 0 radical (unpaired) electrons. The van der Waals surface area contributed by atoms with E-state index in [-0.39, 0.29) is 5.63 Å². The van der Waals surface area contributed by atoms with E-state index in [1.54, 1.807) is 6.07 Å². The Labute approximate surface area is 153 Å². The molecule has 1 N–H and O–H groups in total. The van der Waals surface area contributed by atoms with Crippen LogP contribution in [-0.2, 0) is 13.0 Å². The van der Waals surface area contributed by atoms with Gasteiger partial charge in [0.2, 0.25) is 0 Å². The average molecular weight is 349 g/mol. The van der Waals surface area contributed by atoms with Crippen molar-refractivity contribution in [3.8, 4) is 0 Å². The molecule has 1 aliphatic rings. The number of benzene rings is 2. The van der Waals surface area contributed by atoms with Crippen LogP contribution in [0.25, 0.3) is 11.0 Å². The van der Waals surface area contributed by atoms with Gasteiger partial charge in [-0.2, -0.15) is 0 Å². The third-order valence-electron chi connectivity index (χ3n) is 5.34. The number of rotatable bonds is 4. The Morgan fingerprint density at radius 3 is 2.54 bits per heavy atom. The van der Waals surface area contributed by atoms with E-state index in [2.05, 4.69) is 54.3 Å². The van der Waals surface area contributed by atoms with E-state index in [1.807, 2.05) is 6.07 Å². The maximum absolute atomic E-state index is 12.0. The second-order valence-electron chi connectivity index (χ2n) is 7.02. The maximum Gasteiger partial charge on any atom is 0.336 e. The summed E-state index contributed by atoms with van der Waals surface area (Å²) in [5.74, 6) is 0. The van der Waals surface area contributed by atoms with Crippen molar-refractivity contribution in [1.82, 2.24) is 0 Å². The molecule has 2 heterocycles. The minimum atomic E-state index is -0.247. The van der Waals surface area contributed by atoms with E-state index in [1.165, 1.54) is 16.2 Å². The van der Waals surface area contributed by atoms with Crippen LogP contribution in [0.1, 0.15) is 18.1 Å². The number of hydrogen-bond acceptors (Lipinski definition) is 3. The molecule has 4 heteroatoms. The first-order valence-electron chi connectivity index (χ1n) is 9.42. The Kier molecular flexibility index (Phi) is 4.76. The Morgan fingerprint density at radius 1 is 1.04 bits per heavy atom. The van der Waals surface area contributed by atoms with Crippen LogP contribution in [0, 0.1) is 0 Å². The van der Waals surface area contributed by atoms with Gasteiger partial charge in [0.25, 0.3) is 0 Å². The highest BCUT2D eigenvalue weighted by molar-refractivity contribution is 5.80. The Bertz CT molecular complexity index is 941. The Hall–Kier alpha value is -2.59. The normalized spacial score (nSPS) is 15.5. The summed E-state index contributed by atoms with van der Waals surface area (Å²) in [6, 6.07) is 18.5. The molecule has 0 spiro atoms. The first-order valence-corrected chi connectivity index (χ1v) is 9.42. The van der Waals surface area contributed by atoms with Crippen LogP contribution in [0.2, 0.25) is 0 Å². The molecule has 0 aliphatic carbocycles. The molecule has 4 nitrogen and oxygen atoms in total. The second kappa shape index (κ2) is 7.34. The molecule has 2 aromatic carbocycles. The lowest BCUT2D eigenvalue weighted by Crippen LogP contribution is -3.13.